The quantitative estimate of drug-likeness (QED) is 0.138. The van der Waals surface area contributed by atoms with Crippen LogP contribution < -0.4 is 29.3 Å². The van der Waals surface area contributed by atoms with Crippen LogP contribution in [0.3, 0.4) is 0 Å². The van der Waals surface area contributed by atoms with Crippen molar-refractivity contribution in [1.82, 2.24) is 5.32 Å². The van der Waals surface area contributed by atoms with Crippen molar-refractivity contribution in [2.24, 2.45) is 0 Å². The number of quaternary nitrogens is 1. The third-order valence-corrected chi connectivity index (χ3v) is 5.89. The van der Waals surface area contributed by atoms with E-state index in [9.17, 15) is 4.79 Å². The zero-order chi connectivity index (χ0) is 20.9. The lowest BCUT2D eigenvalue weighted by Gasteiger charge is -2.30. The van der Waals surface area contributed by atoms with E-state index in [1.54, 1.807) is 0 Å². The minimum atomic E-state index is 0. The fraction of sp³-hybridized carbons (Fsp3) is 0.960. The summed E-state index contributed by atoms with van der Waals surface area (Å²) >= 11 is 0. The van der Waals surface area contributed by atoms with Crippen LogP contribution in [0.5, 0.6) is 0 Å². The molecule has 0 unspecified atom stereocenters. The van der Waals surface area contributed by atoms with E-state index in [0.717, 1.165) is 30.4 Å². The third-order valence-electron chi connectivity index (χ3n) is 5.89. The standard InChI is InChI=1S/C25H52N2O.HI/c1-5-7-9-11-12-13-14-15-17-19-23-27(3,4)24-20-22-26-25(28)21-18-16-10-8-6-2;/h5-24H2,1-4H3;1H. The average molecular weight is 525 g/mol. The molecule has 0 rings (SSSR count). The maximum atomic E-state index is 11.9. The van der Waals surface area contributed by atoms with Gasteiger partial charge < -0.3 is 33.8 Å². The topological polar surface area (TPSA) is 29.1 Å². The molecule has 0 fully saturated rings. The van der Waals surface area contributed by atoms with E-state index in [4.69, 9.17) is 0 Å². The van der Waals surface area contributed by atoms with Crippen molar-refractivity contribution in [2.75, 3.05) is 33.7 Å². The van der Waals surface area contributed by atoms with Gasteiger partial charge >= 0.3 is 0 Å². The monoisotopic (exact) mass is 524 g/mol. The first kappa shape index (κ1) is 31.3. The molecule has 3 nitrogen and oxygen atoms in total. The highest BCUT2D eigenvalue weighted by molar-refractivity contribution is 5.75. The number of rotatable bonds is 21. The van der Waals surface area contributed by atoms with E-state index in [1.807, 2.05) is 0 Å². The molecule has 4 heteroatoms. The summed E-state index contributed by atoms with van der Waals surface area (Å²) in [5.74, 6) is 0.247. The van der Waals surface area contributed by atoms with Crippen LogP contribution in [0.2, 0.25) is 0 Å². The number of nitrogens with one attached hydrogen (secondary N) is 1. The Morgan fingerprint density at radius 1 is 0.621 bits per heavy atom. The van der Waals surface area contributed by atoms with Crippen LogP contribution in [-0.2, 0) is 4.79 Å². The highest BCUT2D eigenvalue weighted by Gasteiger charge is 2.14. The normalized spacial score (nSPS) is 11.3. The first-order valence-corrected chi connectivity index (χ1v) is 12.6. The summed E-state index contributed by atoms with van der Waals surface area (Å²) < 4.78 is 1.09. The number of halogens is 1. The van der Waals surface area contributed by atoms with Gasteiger partial charge in [-0.05, 0) is 19.3 Å². The Balaban J connectivity index is 0. The van der Waals surface area contributed by atoms with E-state index in [-0.39, 0.29) is 29.9 Å². The average Bonchev–Trinajstić information content (AvgIpc) is 2.66. The molecule has 0 bridgehead atoms. The minimum Gasteiger partial charge on any atom is -1.00 e. The molecule has 29 heavy (non-hydrogen) atoms. The Morgan fingerprint density at radius 2 is 1.03 bits per heavy atom. The SMILES string of the molecule is CCCCCCCCCCCC[N+](C)(C)CCCNC(=O)CCCCCCC.[I-]. The summed E-state index contributed by atoms with van der Waals surface area (Å²) in [6.07, 6.45) is 21.9. The summed E-state index contributed by atoms with van der Waals surface area (Å²) in [5.41, 5.74) is 0. The summed E-state index contributed by atoms with van der Waals surface area (Å²) in [7, 11) is 4.67. The third kappa shape index (κ3) is 24.3. The van der Waals surface area contributed by atoms with Crippen LogP contribution in [0.25, 0.3) is 0 Å². The van der Waals surface area contributed by atoms with Crippen molar-refractivity contribution in [3.8, 4) is 0 Å². The summed E-state index contributed by atoms with van der Waals surface area (Å²) in [4.78, 5) is 11.9. The molecule has 0 heterocycles. The van der Waals surface area contributed by atoms with Crippen molar-refractivity contribution in [3.05, 3.63) is 0 Å². The molecule has 0 aromatic heterocycles. The number of unbranched alkanes of at least 4 members (excludes halogenated alkanes) is 13. The van der Waals surface area contributed by atoms with Crippen LogP contribution in [-0.4, -0.2) is 44.1 Å². The summed E-state index contributed by atoms with van der Waals surface area (Å²) in [6, 6.07) is 0. The van der Waals surface area contributed by atoms with E-state index in [2.05, 4.69) is 33.3 Å². The first-order chi connectivity index (χ1) is 13.5. The number of hydrogen-bond donors (Lipinski definition) is 1. The number of carbonyl (C=O) groups excluding carboxylic acids is 1. The van der Waals surface area contributed by atoms with Crippen molar-refractivity contribution in [2.45, 2.75) is 123 Å². The van der Waals surface area contributed by atoms with E-state index in [1.165, 1.54) is 96.4 Å². The Bertz CT molecular complexity index is 348. The lowest BCUT2D eigenvalue weighted by molar-refractivity contribution is -0.890. The molecule has 0 aromatic carbocycles. The zero-order valence-corrected chi connectivity index (χ0v) is 22.5. The van der Waals surface area contributed by atoms with Gasteiger partial charge in [-0.3, -0.25) is 4.79 Å². The summed E-state index contributed by atoms with van der Waals surface area (Å²) in [6.45, 7) is 7.78. The Hall–Kier alpha value is 0.160. The molecule has 0 aromatic rings. The second-order valence-corrected chi connectivity index (χ2v) is 9.43. The number of amides is 1. The fourth-order valence-electron chi connectivity index (χ4n) is 3.85. The molecule has 1 amide bonds. The Kier molecular flexibility index (Phi) is 24.7. The smallest absolute Gasteiger partial charge is 0.219 e. The van der Waals surface area contributed by atoms with Crippen LogP contribution >= 0.6 is 0 Å². The summed E-state index contributed by atoms with van der Waals surface area (Å²) in [5, 5.41) is 3.11. The second kappa shape index (κ2) is 22.8. The van der Waals surface area contributed by atoms with Gasteiger partial charge in [0.2, 0.25) is 5.91 Å². The van der Waals surface area contributed by atoms with Gasteiger partial charge in [-0.2, -0.15) is 0 Å². The van der Waals surface area contributed by atoms with Crippen molar-refractivity contribution < 1.29 is 33.3 Å². The molecule has 176 valence electrons. The van der Waals surface area contributed by atoms with Gasteiger partial charge in [-0.15, -0.1) is 0 Å². The maximum absolute atomic E-state index is 11.9. The molecule has 0 spiro atoms. The molecule has 0 atom stereocenters. The number of carbonyl (C=O) groups is 1. The minimum absolute atomic E-state index is 0. The predicted molar refractivity (Wildman–Crippen MR) is 125 cm³/mol. The van der Waals surface area contributed by atoms with Gasteiger partial charge in [-0.25, -0.2) is 0 Å². The van der Waals surface area contributed by atoms with Crippen LogP contribution in [0.1, 0.15) is 123 Å². The zero-order valence-electron chi connectivity index (χ0n) is 20.4. The highest BCUT2D eigenvalue weighted by Crippen LogP contribution is 2.12. The van der Waals surface area contributed by atoms with E-state index >= 15 is 0 Å². The van der Waals surface area contributed by atoms with Gasteiger partial charge in [0.15, 0.2) is 0 Å². The number of hydrogen-bond acceptors (Lipinski definition) is 1. The van der Waals surface area contributed by atoms with E-state index < -0.39 is 0 Å². The van der Waals surface area contributed by atoms with Gasteiger partial charge in [0.1, 0.15) is 0 Å². The maximum Gasteiger partial charge on any atom is 0.219 e. The lowest BCUT2D eigenvalue weighted by Crippen LogP contribution is -3.00. The Labute approximate surface area is 200 Å². The molecule has 0 radical (unpaired) electrons. The van der Waals surface area contributed by atoms with Gasteiger partial charge in [0.05, 0.1) is 27.2 Å². The molecule has 0 aliphatic carbocycles. The first-order valence-electron chi connectivity index (χ1n) is 12.6. The van der Waals surface area contributed by atoms with Gasteiger partial charge in [0.25, 0.3) is 0 Å². The van der Waals surface area contributed by atoms with Gasteiger partial charge in [-0.1, -0.05) is 90.9 Å². The van der Waals surface area contributed by atoms with Gasteiger partial charge in [0, 0.05) is 19.4 Å². The molecule has 0 aliphatic rings. The lowest BCUT2D eigenvalue weighted by atomic mass is 10.1. The van der Waals surface area contributed by atoms with Crippen LogP contribution in [0.15, 0.2) is 0 Å². The van der Waals surface area contributed by atoms with Crippen LogP contribution in [0.4, 0.5) is 0 Å². The van der Waals surface area contributed by atoms with Crippen molar-refractivity contribution >= 4 is 5.91 Å². The fourth-order valence-corrected chi connectivity index (χ4v) is 3.85. The molecule has 0 saturated carbocycles. The molecule has 0 saturated heterocycles. The second-order valence-electron chi connectivity index (χ2n) is 9.43. The number of nitrogens with zero attached hydrogens (tertiary/aromatic N) is 1. The van der Waals surface area contributed by atoms with E-state index in [0.29, 0.717) is 6.42 Å². The largest absolute Gasteiger partial charge is 1.00 e. The Morgan fingerprint density at radius 3 is 1.55 bits per heavy atom. The molecular formula is C25H53IN2O. The molecule has 1 N–H and O–H groups in total. The van der Waals surface area contributed by atoms with Crippen molar-refractivity contribution in [3.63, 3.8) is 0 Å². The molecule has 0 aliphatic heterocycles. The molecular weight excluding hydrogens is 471 g/mol. The predicted octanol–water partition coefficient (Wildman–Crippen LogP) is 3.85. The van der Waals surface area contributed by atoms with Crippen molar-refractivity contribution in [1.29, 1.82) is 0 Å². The van der Waals surface area contributed by atoms with Crippen LogP contribution in [0, 0.1) is 0 Å². The highest BCUT2D eigenvalue weighted by atomic mass is 127.